The number of aromatic hydroxyl groups is 1. The molecule has 1 atom stereocenters. The van der Waals surface area contributed by atoms with Crippen LogP contribution in [0.1, 0.15) is 32.8 Å². The Labute approximate surface area is 121 Å². The molecule has 1 rings (SSSR count). The van der Waals surface area contributed by atoms with Crippen LogP contribution in [0.25, 0.3) is 6.08 Å². The summed E-state index contributed by atoms with van der Waals surface area (Å²) < 4.78 is 0. The van der Waals surface area contributed by atoms with E-state index in [0.29, 0.717) is 0 Å². The van der Waals surface area contributed by atoms with Crippen LogP contribution in [0.2, 0.25) is 0 Å². The summed E-state index contributed by atoms with van der Waals surface area (Å²) in [7, 11) is 0. The maximum Gasteiger partial charge on any atom is 0.115 e. The lowest BCUT2D eigenvalue weighted by Crippen LogP contribution is -2.14. The molecule has 0 fully saturated rings. The molecule has 20 heavy (non-hydrogen) atoms. The van der Waals surface area contributed by atoms with Gasteiger partial charge in [-0.2, -0.15) is 0 Å². The van der Waals surface area contributed by atoms with Crippen LogP contribution in [-0.2, 0) is 0 Å². The number of hydrogen-bond acceptors (Lipinski definition) is 2. The van der Waals surface area contributed by atoms with Crippen molar-refractivity contribution < 1.29 is 10.2 Å². The largest absolute Gasteiger partial charge is 0.508 e. The second-order valence-corrected chi connectivity index (χ2v) is 5.89. The van der Waals surface area contributed by atoms with Crippen LogP contribution in [0.4, 0.5) is 0 Å². The lowest BCUT2D eigenvalue weighted by atomic mass is 9.85. The molecule has 108 valence electrons. The summed E-state index contributed by atoms with van der Waals surface area (Å²) in [6, 6.07) is 7.06. The average molecular weight is 272 g/mol. The smallest absolute Gasteiger partial charge is 0.115 e. The van der Waals surface area contributed by atoms with Gasteiger partial charge in [0.25, 0.3) is 0 Å². The van der Waals surface area contributed by atoms with E-state index in [1.54, 1.807) is 32.1 Å². The van der Waals surface area contributed by atoms with Gasteiger partial charge in [0, 0.05) is 5.41 Å². The lowest BCUT2D eigenvalue weighted by Gasteiger charge is -2.20. The van der Waals surface area contributed by atoms with Crippen LogP contribution in [0.5, 0.6) is 5.75 Å². The minimum absolute atomic E-state index is 0.167. The minimum Gasteiger partial charge on any atom is -0.508 e. The molecule has 0 bridgehead atoms. The number of aliphatic hydroxyl groups is 1. The highest BCUT2D eigenvalue weighted by Crippen LogP contribution is 2.27. The number of benzene rings is 1. The molecule has 0 saturated heterocycles. The van der Waals surface area contributed by atoms with E-state index in [-0.39, 0.29) is 11.2 Å². The van der Waals surface area contributed by atoms with E-state index < -0.39 is 5.60 Å². The van der Waals surface area contributed by atoms with Gasteiger partial charge in [-0.3, -0.25) is 0 Å². The molecule has 2 heteroatoms. The molecule has 0 spiro atoms. The number of rotatable bonds is 6. The highest BCUT2D eigenvalue weighted by molar-refractivity contribution is 5.51. The monoisotopic (exact) mass is 272 g/mol. The quantitative estimate of drug-likeness (QED) is 0.757. The molecular formula is C18H24O2. The van der Waals surface area contributed by atoms with Crippen molar-refractivity contribution >= 4 is 6.08 Å². The number of phenols is 1. The van der Waals surface area contributed by atoms with Crippen molar-refractivity contribution in [2.45, 2.75) is 32.8 Å². The Morgan fingerprint density at radius 3 is 2.20 bits per heavy atom. The molecule has 2 nitrogen and oxygen atoms in total. The van der Waals surface area contributed by atoms with Crippen molar-refractivity contribution in [1.82, 2.24) is 0 Å². The third kappa shape index (κ3) is 5.89. The molecule has 1 aromatic carbocycles. The van der Waals surface area contributed by atoms with Crippen LogP contribution in [0.3, 0.4) is 0 Å². The fourth-order valence-electron chi connectivity index (χ4n) is 1.69. The van der Waals surface area contributed by atoms with Gasteiger partial charge in [0.2, 0.25) is 0 Å². The highest BCUT2D eigenvalue weighted by atomic mass is 16.3. The second kappa shape index (κ2) is 6.58. The van der Waals surface area contributed by atoms with Crippen LogP contribution in [0.15, 0.2) is 55.1 Å². The third-order valence-electron chi connectivity index (χ3n) is 3.10. The molecule has 0 amide bonds. The summed E-state index contributed by atoms with van der Waals surface area (Å²) >= 11 is 0. The molecule has 0 aliphatic carbocycles. The van der Waals surface area contributed by atoms with Crippen LogP contribution >= 0.6 is 0 Å². The van der Waals surface area contributed by atoms with E-state index in [2.05, 4.69) is 19.6 Å². The summed E-state index contributed by atoms with van der Waals surface area (Å²) in [5, 5.41) is 18.9. The molecule has 0 aliphatic heterocycles. The van der Waals surface area contributed by atoms with Crippen molar-refractivity contribution in [3.05, 3.63) is 60.7 Å². The van der Waals surface area contributed by atoms with Crippen molar-refractivity contribution in [1.29, 1.82) is 0 Å². The predicted molar refractivity (Wildman–Crippen MR) is 85.5 cm³/mol. The Morgan fingerprint density at radius 2 is 1.70 bits per heavy atom. The SMILES string of the molecule is C=CC(C)(/C=C/c1ccc(O)cc1)C/C=C/C(C)(C)O. The number of phenolic OH excluding ortho intramolecular Hbond substituents is 1. The van der Waals surface area contributed by atoms with Crippen molar-refractivity contribution in [3.8, 4) is 5.75 Å². The van der Waals surface area contributed by atoms with Crippen molar-refractivity contribution in [2.75, 3.05) is 0 Å². The molecule has 2 N–H and O–H groups in total. The standard InChI is InChI=1S/C18H24O2/c1-5-18(4,13-6-12-17(2,3)20)14-11-15-7-9-16(19)10-8-15/h5-12,14,19-20H,1,13H2,2-4H3/b12-6+,14-11+. The van der Waals surface area contributed by atoms with E-state index in [4.69, 9.17) is 0 Å². The molecule has 1 aromatic rings. The molecule has 0 heterocycles. The summed E-state index contributed by atoms with van der Waals surface area (Å²) in [5.41, 5.74) is 0.0740. The Balaban J connectivity index is 2.76. The van der Waals surface area contributed by atoms with Gasteiger partial charge < -0.3 is 10.2 Å². The van der Waals surface area contributed by atoms with Gasteiger partial charge >= 0.3 is 0 Å². The van der Waals surface area contributed by atoms with E-state index >= 15 is 0 Å². The summed E-state index contributed by atoms with van der Waals surface area (Å²) in [6.07, 6.45) is 10.5. The lowest BCUT2D eigenvalue weighted by molar-refractivity contribution is 0.132. The maximum atomic E-state index is 9.67. The first-order valence-corrected chi connectivity index (χ1v) is 6.76. The first kappa shape index (κ1) is 16.3. The van der Waals surface area contributed by atoms with E-state index in [0.717, 1.165) is 12.0 Å². The fraction of sp³-hybridized carbons (Fsp3) is 0.333. The zero-order chi connectivity index (χ0) is 15.2. The molecule has 0 aromatic heterocycles. The Bertz CT molecular complexity index is 489. The van der Waals surface area contributed by atoms with Gasteiger partial charge in [0.15, 0.2) is 0 Å². The van der Waals surface area contributed by atoms with Gasteiger partial charge in [-0.1, -0.05) is 49.4 Å². The maximum absolute atomic E-state index is 9.67. The zero-order valence-electron chi connectivity index (χ0n) is 12.5. The first-order valence-electron chi connectivity index (χ1n) is 6.76. The molecule has 1 unspecified atom stereocenters. The molecular weight excluding hydrogens is 248 g/mol. The van der Waals surface area contributed by atoms with Gasteiger partial charge in [0.05, 0.1) is 5.60 Å². The topological polar surface area (TPSA) is 40.5 Å². The number of hydrogen-bond donors (Lipinski definition) is 2. The van der Waals surface area contributed by atoms with Crippen molar-refractivity contribution in [2.24, 2.45) is 5.41 Å². The van der Waals surface area contributed by atoms with E-state index in [9.17, 15) is 10.2 Å². The van der Waals surface area contributed by atoms with Gasteiger partial charge in [-0.05, 0) is 38.0 Å². The van der Waals surface area contributed by atoms with E-state index in [1.165, 1.54) is 0 Å². The Hall–Kier alpha value is -1.80. The molecule has 0 aliphatic rings. The summed E-state index contributed by atoms with van der Waals surface area (Å²) in [6.45, 7) is 9.48. The summed E-state index contributed by atoms with van der Waals surface area (Å²) in [5.74, 6) is 0.266. The number of allylic oxidation sites excluding steroid dienone is 3. The van der Waals surface area contributed by atoms with E-state index in [1.807, 2.05) is 30.4 Å². The van der Waals surface area contributed by atoms with Crippen LogP contribution < -0.4 is 0 Å². The first-order chi connectivity index (χ1) is 9.24. The highest BCUT2D eigenvalue weighted by Gasteiger charge is 2.15. The van der Waals surface area contributed by atoms with Crippen LogP contribution in [-0.4, -0.2) is 15.8 Å². The Morgan fingerprint density at radius 1 is 1.10 bits per heavy atom. The normalized spacial score (nSPS) is 15.6. The van der Waals surface area contributed by atoms with Crippen molar-refractivity contribution in [3.63, 3.8) is 0 Å². The third-order valence-corrected chi connectivity index (χ3v) is 3.10. The van der Waals surface area contributed by atoms with Gasteiger partial charge in [-0.25, -0.2) is 0 Å². The molecule has 0 saturated carbocycles. The fourth-order valence-corrected chi connectivity index (χ4v) is 1.69. The zero-order valence-corrected chi connectivity index (χ0v) is 12.5. The van der Waals surface area contributed by atoms with Gasteiger partial charge in [0.1, 0.15) is 5.75 Å². The van der Waals surface area contributed by atoms with Crippen LogP contribution in [0, 0.1) is 5.41 Å². The van der Waals surface area contributed by atoms with Gasteiger partial charge in [-0.15, -0.1) is 6.58 Å². The molecule has 0 radical (unpaired) electrons. The summed E-state index contributed by atoms with van der Waals surface area (Å²) in [4.78, 5) is 0. The second-order valence-electron chi connectivity index (χ2n) is 5.89. The average Bonchev–Trinajstić information content (AvgIpc) is 2.37. The predicted octanol–water partition coefficient (Wildman–Crippen LogP) is 4.31. The minimum atomic E-state index is -0.789. The Kier molecular flexibility index (Phi) is 5.34.